The van der Waals surface area contributed by atoms with Gasteiger partial charge in [0, 0.05) is 18.0 Å². The summed E-state index contributed by atoms with van der Waals surface area (Å²) in [6, 6.07) is 10.4. The zero-order valence-corrected chi connectivity index (χ0v) is 13.3. The Kier molecular flexibility index (Phi) is 4.50. The summed E-state index contributed by atoms with van der Waals surface area (Å²) in [7, 11) is 0. The Morgan fingerprint density at radius 2 is 2.09 bits per heavy atom. The number of rotatable bonds is 4. The predicted molar refractivity (Wildman–Crippen MR) is 84.3 cm³/mol. The molecule has 0 radical (unpaired) electrons. The van der Waals surface area contributed by atoms with Crippen molar-refractivity contribution in [1.82, 2.24) is 4.90 Å². The quantitative estimate of drug-likeness (QED) is 0.868. The molecule has 4 nitrogen and oxygen atoms in total. The summed E-state index contributed by atoms with van der Waals surface area (Å²) < 4.78 is 5.31. The van der Waals surface area contributed by atoms with Crippen LogP contribution in [0.4, 0.5) is 0 Å². The summed E-state index contributed by atoms with van der Waals surface area (Å²) in [5, 5.41) is 10.3. The van der Waals surface area contributed by atoms with Crippen LogP contribution in [0.25, 0.3) is 0 Å². The largest absolute Gasteiger partial charge is 0.465 e. The first-order valence-corrected chi connectivity index (χ1v) is 8.30. The van der Waals surface area contributed by atoms with E-state index in [2.05, 4.69) is 24.0 Å². The first-order valence-electron chi connectivity index (χ1n) is 8.30. The van der Waals surface area contributed by atoms with E-state index < -0.39 is 0 Å². The summed E-state index contributed by atoms with van der Waals surface area (Å²) in [5.41, 5.74) is 1.21. The number of carbonyl (C=O) groups excluding carboxylic acids is 1. The maximum Gasteiger partial charge on any atom is 0.323 e. The lowest BCUT2D eigenvalue weighted by molar-refractivity contribution is -0.171. The molecule has 120 valence electrons. The molecule has 2 saturated heterocycles. The van der Waals surface area contributed by atoms with Crippen LogP contribution in [0.2, 0.25) is 0 Å². The van der Waals surface area contributed by atoms with Gasteiger partial charge in [-0.2, -0.15) is 0 Å². The fourth-order valence-electron chi connectivity index (χ4n) is 4.22. The first-order chi connectivity index (χ1) is 10.6. The zero-order chi connectivity index (χ0) is 15.7. The van der Waals surface area contributed by atoms with Crippen LogP contribution >= 0.6 is 0 Å². The lowest BCUT2D eigenvalue weighted by Crippen LogP contribution is -2.63. The second kappa shape index (κ2) is 6.39. The standard InChI is InChI=1S/C18H25NO3/c1-3-22-18(21)17-15-10-9-14(11-16(15)20)19(17)12(2)13-7-5-4-6-8-13/h4-8,12,14-17,20H,3,9-11H2,1-2H3/t12-,14+,15-,16-,17-/m1/s1. The van der Waals surface area contributed by atoms with Crippen LogP contribution in [-0.4, -0.2) is 40.8 Å². The van der Waals surface area contributed by atoms with E-state index in [1.807, 2.05) is 25.1 Å². The second-order valence-electron chi connectivity index (χ2n) is 6.43. The monoisotopic (exact) mass is 303 g/mol. The van der Waals surface area contributed by atoms with Crippen molar-refractivity contribution in [2.75, 3.05) is 6.61 Å². The van der Waals surface area contributed by atoms with Crippen molar-refractivity contribution in [2.45, 2.75) is 57.3 Å². The van der Waals surface area contributed by atoms with Crippen LogP contribution in [-0.2, 0) is 9.53 Å². The number of esters is 1. The normalized spacial score (nSPS) is 32.7. The summed E-state index contributed by atoms with van der Waals surface area (Å²) in [6.07, 6.45) is 2.34. The van der Waals surface area contributed by atoms with E-state index in [1.54, 1.807) is 0 Å². The molecule has 4 rings (SSSR count). The SMILES string of the molecule is CCOC(=O)[C@H]1[C@@H]2CC[C@@H](C[C@H]2O)N1[C@H](C)c1ccccc1. The van der Waals surface area contributed by atoms with Crippen LogP contribution in [0.1, 0.15) is 44.7 Å². The highest BCUT2D eigenvalue weighted by atomic mass is 16.5. The predicted octanol–water partition coefficient (Wildman–Crippen LogP) is 2.52. The Morgan fingerprint density at radius 1 is 1.36 bits per heavy atom. The maximum atomic E-state index is 12.5. The molecule has 2 heterocycles. The summed E-state index contributed by atoms with van der Waals surface area (Å²) in [5.74, 6) is -0.186. The second-order valence-corrected chi connectivity index (χ2v) is 6.43. The molecule has 1 N–H and O–H groups in total. The van der Waals surface area contributed by atoms with Crippen LogP contribution in [0.5, 0.6) is 0 Å². The highest BCUT2D eigenvalue weighted by Gasteiger charge is 2.51. The fraction of sp³-hybridized carbons (Fsp3) is 0.611. The Bertz CT molecular complexity index is 518. The van der Waals surface area contributed by atoms with E-state index in [1.165, 1.54) is 5.56 Å². The smallest absolute Gasteiger partial charge is 0.323 e. The number of hydrogen-bond donors (Lipinski definition) is 1. The molecule has 4 heteroatoms. The average Bonchev–Trinajstić information content (AvgIpc) is 2.55. The molecular formula is C18H25NO3. The minimum Gasteiger partial charge on any atom is -0.465 e. The number of hydrogen-bond acceptors (Lipinski definition) is 4. The van der Waals surface area contributed by atoms with Gasteiger partial charge in [0.15, 0.2) is 0 Å². The minimum atomic E-state index is -0.382. The zero-order valence-electron chi connectivity index (χ0n) is 13.3. The fourth-order valence-corrected chi connectivity index (χ4v) is 4.22. The molecule has 1 aromatic carbocycles. The van der Waals surface area contributed by atoms with Crippen molar-refractivity contribution in [3.63, 3.8) is 0 Å². The molecule has 0 amide bonds. The summed E-state index contributed by atoms with van der Waals surface area (Å²) >= 11 is 0. The van der Waals surface area contributed by atoms with Gasteiger partial charge >= 0.3 is 5.97 Å². The van der Waals surface area contributed by atoms with Gasteiger partial charge in [-0.25, -0.2) is 0 Å². The molecule has 22 heavy (non-hydrogen) atoms. The third-order valence-electron chi connectivity index (χ3n) is 5.25. The molecule has 1 aliphatic carbocycles. The molecule has 0 spiro atoms. The van der Waals surface area contributed by atoms with E-state index in [9.17, 15) is 9.90 Å². The number of aliphatic hydroxyl groups excluding tert-OH is 1. The highest BCUT2D eigenvalue weighted by molar-refractivity contribution is 5.77. The van der Waals surface area contributed by atoms with Gasteiger partial charge in [0.05, 0.1) is 12.7 Å². The Morgan fingerprint density at radius 3 is 2.73 bits per heavy atom. The van der Waals surface area contributed by atoms with E-state index >= 15 is 0 Å². The van der Waals surface area contributed by atoms with Crippen molar-refractivity contribution < 1.29 is 14.6 Å². The highest BCUT2D eigenvalue weighted by Crippen LogP contribution is 2.44. The third-order valence-corrected chi connectivity index (χ3v) is 5.25. The van der Waals surface area contributed by atoms with Gasteiger partial charge in [-0.15, -0.1) is 0 Å². The molecule has 5 atom stereocenters. The van der Waals surface area contributed by atoms with Crippen LogP contribution < -0.4 is 0 Å². The van der Waals surface area contributed by atoms with Crippen LogP contribution in [0.3, 0.4) is 0 Å². The molecule has 1 saturated carbocycles. The minimum absolute atomic E-state index is 0.00443. The van der Waals surface area contributed by atoms with Crippen LogP contribution in [0, 0.1) is 5.92 Å². The molecule has 1 aromatic rings. The van der Waals surface area contributed by atoms with E-state index in [0.717, 1.165) is 19.3 Å². The molecular weight excluding hydrogens is 278 g/mol. The van der Waals surface area contributed by atoms with Gasteiger partial charge in [-0.05, 0) is 38.7 Å². The lowest BCUT2D eigenvalue weighted by Gasteiger charge is -2.54. The summed E-state index contributed by atoms with van der Waals surface area (Å²) in [6.45, 7) is 4.37. The van der Waals surface area contributed by atoms with Gasteiger partial charge < -0.3 is 9.84 Å². The Balaban J connectivity index is 1.91. The molecule has 0 aromatic heterocycles. The number of benzene rings is 1. The molecule has 2 bridgehead atoms. The lowest BCUT2D eigenvalue weighted by atomic mass is 9.71. The van der Waals surface area contributed by atoms with Crippen molar-refractivity contribution in [2.24, 2.45) is 5.92 Å². The first kappa shape index (κ1) is 15.5. The van der Waals surface area contributed by atoms with Gasteiger partial charge in [0.2, 0.25) is 0 Å². The van der Waals surface area contributed by atoms with Crippen molar-refractivity contribution in [1.29, 1.82) is 0 Å². The maximum absolute atomic E-state index is 12.5. The topological polar surface area (TPSA) is 49.8 Å². The van der Waals surface area contributed by atoms with Crippen LogP contribution in [0.15, 0.2) is 30.3 Å². The summed E-state index contributed by atoms with van der Waals surface area (Å²) in [4.78, 5) is 14.8. The Labute approximate surface area is 132 Å². The molecule has 3 fully saturated rings. The number of aliphatic hydroxyl groups is 1. The average molecular weight is 303 g/mol. The van der Waals surface area contributed by atoms with Crippen molar-refractivity contribution in [3.05, 3.63) is 35.9 Å². The molecule has 3 aliphatic rings. The molecule has 0 unspecified atom stereocenters. The van der Waals surface area contributed by atoms with Gasteiger partial charge in [-0.3, -0.25) is 9.69 Å². The van der Waals surface area contributed by atoms with E-state index in [4.69, 9.17) is 4.74 Å². The van der Waals surface area contributed by atoms with Crippen molar-refractivity contribution in [3.8, 4) is 0 Å². The van der Waals surface area contributed by atoms with Gasteiger partial charge in [0.1, 0.15) is 6.04 Å². The Hall–Kier alpha value is -1.39. The molecule has 2 aliphatic heterocycles. The van der Waals surface area contributed by atoms with Crippen molar-refractivity contribution >= 4 is 5.97 Å². The number of nitrogens with zero attached hydrogens (tertiary/aromatic N) is 1. The van der Waals surface area contributed by atoms with E-state index in [0.29, 0.717) is 6.61 Å². The van der Waals surface area contributed by atoms with E-state index in [-0.39, 0.29) is 36.1 Å². The third kappa shape index (κ3) is 2.66. The van der Waals surface area contributed by atoms with Gasteiger partial charge in [-0.1, -0.05) is 30.3 Å². The number of piperidine rings is 2. The number of fused-ring (bicyclic) bond motifs is 3. The number of carbonyl (C=O) groups is 1. The number of ether oxygens (including phenoxy) is 1. The van der Waals surface area contributed by atoms with Gasteiger partial charge in [0.25, 0.3) is 0 Å².